The lowest BCUT2D eigenvalue weighted by Gasteiger charge is -2.62. The minimum absolute atomic E-state index is 0.659. The Bertz CT molecular complexity index is 649. The molecule has 1 aliphatic heterocycles. The summed E-state index contributed by atoms with van der Waals surface area (Å²) in [6.07, 6.45) is 22.7. The summed E-state index contributed by atoms with van der Waals surface area (Å²) in [4.78, 5) is 2.91. The molecule has 5 aliphatic rings. The molecule has 5 rings (SSSR count). The molecular formula is C32H57N. The lowest BCUT2D eigenvalue weighted by molar-refractivity contribution is -0.124. The number of fused-ring (bicyclic) bond motifs is 5. The zero-order valence-corrected chi connectivity index (χ0v) is 23.1. The van der Waals surface area contributed by atoms with E-state index in [1.165, 1.54) is 64.5 Å². The van der Waals surface area contributed by atoms with E-state index in [-0.39, 0.29) is 0 Å². The number of nitrogens with zero attached hydrogens (tertiary/aromatic N) is 1. The Hall–Kier alpha value is -0.0400. The van der Waals surface area contributed by atoms with Gasteiger partial charge < -0.3 is 4.90 Å². The van der Waals surface area contributed by atoms with Crippen LogP contribution in [0.15, 0.2) is 0 Å². The first-order valence-corrected chi connectivity index (χ1v) is 15.6. The van der Waals surface area contributed by atoms with Gasteiger partial charge in [0.1, 0.15) is 0 Å². The third kappa shape index (κ3) is 4.49. The summed E-state index contributed by atoms with van der Waals surface area (Å²) >= 11 is 0. The van der Waals surface area contributed by atoms with Crippen molar-refractivity contribution < 1.29 is 0 Å². The summed E-state index contributed by atoms with van der Waals surface area (Å²) in [6.45, 7) is 15.8. The molecule has 1 heterocycles. The maximum atomic E-state index is 2.91. The maximum absolute atomic E-state index is 2.91. The summed E-state index contributed by atoms with van der Waals surface area (Å²) in [5, 5.41) is 0. The van der Waals surface area contributed by atoms with Crippen molar-refractivity contribution in [2.45, 2.75) is 137 Å². The molecule has 0 radical (unpaired) electrons. The molecule has 190 valence electrons. The van der Waals surface area contributed by atoms with Crippen molar-refractivity contribution in [3.63, 3.8) is 0 Å². The first kappa shape index (κ1) is 24.6. The quantitative estimate of drug-likeness (QED) is 0.386. The SMILES string of the molecule is CC(C)CCCC(C)C1CCC2C3CCC4CC(N5CCCCC5)CCC4(C)C3CCC12C. The smallest absolute Gasteiger partial charge is 0.00983 e. The van der Waals surface area contributed by atoms with Gasteiger partial charge in [-0.2, -0.15) is 0 Å². The lowest BCUT2D eigenvalue weighted by atomic mass is 9.44. The highest BCUT2D eigenvalue weighted by Crippen LogP contribution is 2.68. The number of rotatable bonds is 6. The Labute approximate surface area is 207 Å². The van der Waals surface area contributed by atoms with Crippen LogP contribution >= 0.6 is 0 Å². The highest BCUT2D eigenvalue weighted by atomic mass is 15.2. The van der Waals surface area contributed by atoms with Gasteiger partial charge in [0.2, 0.25) is 0 Å². The Kier molecular flexibility index (Phi) is 7.31. The summed E-state index contributed by atoms with van der Waals surface area (Å²) in [6, 6.07) is 0.927. The van der Waals surface area contributed by atoms with E-state index in [0.717, 1.165) is 47.5 Å². The predicted molar refractivity (Wildman–Crippen MR) is 142 cm³/mol. The van der Waals surface area contributed by atoms with E-state index in [2.05, 4.69) is 39.5 Å². The molecule has 0 amide bonds. The lowest BCUT2D eigenvalue weighted by Crippen LogP contribution is -2.56. The van der Waals surface area contributed by atoms with Crippen molar-refractivity contribution in [3.05, 3.63) is 0 Å². The van der Waals surface area contributed by atoms with E-state index in [4.69, 9.17) is 0 Å². The van der Waals surface area contributed by atoms with E-state index < -0.39 is 0 Å². The van der Waals surface area contributed by atoms with Gasteiger partial charge in [-0.15, -0.1) is 0 Å². The number of likely N-dealkylation sites (tertiary alicyclic amines) is 1. The minimum Gasteiger partial charge on any atom is -0.300 e. The Balaban J connectivity index is 1.24. The van der Waals surface area contributed by atoms with E-state index in [0.29, 0.717) is 10.8 Å². The molecule has 4 saturated carbocycles. The van der Waals surface area contributed by atoms with Crippen LogP contribution in [0.2, 0.25) is 0 Å². The van der Waals surface area contributed by atoms with Crippen molar-refractivity contribution in [1.82, 2.24) is 4.90 Å². The van der Waals surface area contributed by atoms with Crippen LogP contribution < -0.4 is 0 Å². The van der Waals surface area contributed by atoms with Gasteiger partial charge in [-0.3, -0.25) is 0 Å². The van der Waals surface area contributed by atoms with Gasteiger partial charge in [-0.1, -0.05) is 60.3 Å². The molecule has 0 spiro atoms. The van der Waals surface area contributed by atoms with Crippen LogP contribution in [-0.4, -0.2) is 24.0 Å². The average Bonchev–Trinajstić information content (AvgIpc) is 3.16. The molecule has 9 atom stereocenters. The summed E-state index contributed by atoms with van der Waals surface area (Å²) in [7, 11) is 0. The van der Waals surface area contributed by atoms with Crippen LogP contribution in [0.3, 0.4) is 0 Å². The van der Waals surface area contributed by atoms with Crippen LogP contribution in [0.1, 0.15) is 131 Å². The fourth-order valence-electron chi connectivity index (χ4n) is 10.9. The van der Waals surface area contributed by atoms with Crippen LogP contribution in [0.4, 0.5) is 0 Å². The van der Waals surface area contributed by atoms with Crippen molar-refractivity contribution in [1.29, 1.82) is 0 Å². The van der Waals surface area contributed by atoms with Crippen LogP contribution in [-0.2, 0) is 0 Å². The second-order valence-corrected chi connectivity index (χ2v) is 14.7. The fourth-order valence-corrected chi connectivity index (χ4v) is 10.9. The Morgan fingerprint density at radius 3 is 2.24 bits per heavy atom. The monoisotopic (exact) mass is 455 g/mol. The maximum Gasteiger partial charge on any atom is 0.00983 e. The zero-order chi connectivity index (χ0) is 23.2. The largest absolute Gasteiger partial charge is 0.300 e. The topological polar surface area (TPSA) is 3.24 Å². The van der Waals surface area contributed by atoms with E-state index in [1.54, 1.807) is 44.9 Å². The summed E-state index contributed by atoms with van der Waals surface area (Å²) in [5.74, 6) is 7.01. The predicted octanol–water partition coefficient (Wildman–Crippen LogP) is 8.96. The molecule has 0 aromatic rings. The molecule has 1 saturated heterocycles. The summed E-state index contributed by atoms with van der Waals surface area (Å²) in [5.41, 5.74) is 1.32. The molecule has 0 aromatic heterocycles. The van der Waals surface area contributed by atoms with Gasteiger partial charge in [-0.05, 0) is 136 Å². The van der Waals surface area contributed by atoms with E-state index >= 15 is 0 Å². The average molecular weight is 456 g/mol. The van der Waals surface area contributed by atoms with Gasteiger partial charge >= 0.3 is 0 Å². The summed E-state index contributed by atoms with van der Waals surface area (Å²) < 4.78 is 0. The van der Waals surface area contributed by atoms with E-state index in [9.17, 15) is 0 Å². The number of piperidine rings is 1. The number of hydrogen-bond acceptors (Lipinski definition) is 1. The van der Waals surface area contributed by atoms with Gasteiger partial charge in [0.05, 0.1) is 0 Å². The number of hydrogen-bond donors (Lipinski definition) is 0. The fraction of sp³-hybridized carbons (Fsp3) is 1.00. The molecule has 1 heteroatoms. The molecule has 5 fully saturated rings. The highest BCUT2D eigenvalue weighted by Gasteiger charge is 2.60. The minimum atomic E-state index is 0.659. The molecule has 0 bridgehead atoms. The molecular weight excluding hydrogens is 398 g/mol. The molecule has 9 unspecified atom stereocenters. The van der Waals surface area contributed by atoms with Crippen LogP contribution in [0.25, 0.3) is 0 Å². The van der Waals surface area contributed by atoms with Crippen molar-refractivity contribution >= 4 is 0 Å². The second-order valence-electron chi connectivity index (χ2n) is 14.7. The van der Waals surface area contributed by atoms with Crippen molar-refractivity contribution in [3.8, 4) is 0 Å². The Morgan fingerprint density at radius 1 is 0.758 bits per heavy atom. The molecule has 0 aromatic carbocycles. The first-order valence-electron chi connectivity index (χ1n) is 15.6. The molecule has 0 N–H and O–H groups in total. The Morgan fingerprint density at radius 2 is 1.48 bits per heavy atom. The highest BCUT2D eigenvalue weighted by molar-refractivity contribution is 5.10. The van der Waals surface area contributed by atoms with Crippen molar-refractivity contribution in [2.24, 2.45) is 52.3 Å². The molecule has 33 heavy (non-hydrogen) atoms. The van der Waals surface area contributed by atoms with Crippen molar-refractivity contribution in [2.75, 3.05) is 13.1 Å². The van der Waals surface area contributed by atoms with Gasteiger partial charge in [0, 0.05) is 6.04 Å². The van der Waals surface area contributed by atoms with Gasteiger partial charge in [0.15, 0.2) is 0 Å². The van der Waals surface area contributed by atoms with E-state index in [1.807, 2.05) is 0 Å². The van der Waals surface area contributed by atoms with Gasteiger partial charge in [0.25, 0.3) is 0 Å². The third-order valence-corrected chi connectivity index (χ3v) is 12.7. The van der Waals surface area contributed by atoms with Gasteiger partial charge in [-0.25, -0.2) is 0 Å². The first-order chi connectivity index (χ1) is 15.8. The normalized spacial score (nSPS) is 47.1. The standard InChI is InChI=1S/C32H57N/c1-23(2)10-9-11-24(3)28-14-15-29-27-13-12-25-22-26(33-20-7-6-8-21-33)16-18-31(25,4)30(27)17-19-32(28,29)5/h23-30H,6-22H2,1-5H3. The van der Waals surface area contributed by atoms with Crippen LogP contribution in [0.5, 0.6) is 0 Å². The second kappa shape index (κ2) is 9.78. The molecule has 1 nitrogen and oxygen atoms in total. The zero-order valence-electron chi connectivity index (χ0n) is 23.1. The third-order valence-electron chi connectivity index (χ3n) is 12.7. The van der Waals surface area contributed by atoms with Crippen LogP contribution in [0, 0.1) is 52.3 Å². The molecule has 4 aliphatic carbocycles.